The fraction of sp³-hybridized carbons (Fsp3) is 0.250. The van der Waals surface area contributed by atoms with Crippen LogP contribution in [0.1, 0.15) is 22.5 Å². The van der Waals surface area contributed by atoms with E-state index >= 15 is 0 Å². The number of β-amino-alcohol motifs (C(OH)–C–C–N with tert-alkyl or cyclic N) is 1. The van der Waals surface area contributed by atoms with Crippen molar-refractivity contribution in [2.45, 2.75) is 18.7 Å². The van der Waals surface area contributed by atoms with Crippen molar-refractivity contribution in [3.8, 4) is 11.6 Å². The molecule has 6 nitrogen and oxygen atoms in total. The first-order valence-electron chi connectivity index (χ1n) is 8.89. The molecule has 1 fully saturated rings. The minimum absolute atomic E-state index is 0.0321. The Kier molecular flexibility index (Phi) is 4.83. The highest BCUT2D eigenvalue weighted by atomic mass is 19.4. The van der Waals surface area contributed by atoms with E-state index in [-0.39, 0.29) is 17.5 Å². The van der Waals surface area contributed by atoms with Crippen LogP contribution in [-0.2, 0) is 6.18 Å². The van der Waals surface area contributed by atoms with Gasteiger partial charge in [0.25, 0.3) is 5.91 Å². The molecule has 0 radical (unpaired) electrons. The van der Waals surface area contributed by atoms with Gasteiger partial charge >= 0.3 is 6.18 Å². The number of pyridine rings is 2. The van der Waals surface area contributed by atoms with Crippen molar-refractivity contribution in [1.82, 2.24) is 14.9 Å². The smallest absolute Gasteiger partial charge is 0.417 e. The normalized spacial score (nSPS) is 17.0. The van der Waals surface area contributed by atoms with Crippen LogP contribution in [0.2, 0.25) is 0 Å². The van der Waals surface area contributed by atoms with Gasteiger partial charge in [0.2, 0.25) is 5.88 Å². The molecular weight excluding hydrogens is 387 g/mol. The van der Waals surface area contributed by atoms with Gasteiger partial charge in [0.05, 0.1) is 17.2 Å². The highest BCUT2D eigenvalue weighted by molar-refractivity contribution is 5.95. The molecule has 1 aliphatic rings. The summed E-state index contributed by atoms with van der Waals surface area (Å²) in [4.78, 5) is 22.1. The van der Waals surface area contributed by atoms with Crippen LogP contribution in [0.25, 0.3) is 10.9 Å². The van der Waals surface area contributed by atoms with Gasteiger partial charge in [-0.3, -0.25) is 4.79 Å². The van der Waals surface area contributed by atoms with E-state index in [1.165, 1.54) is 0 Å². The first-order chi connectivity index (χ1) is 13.8. The van der Waals surface area contributed by atoms with Crippen molar-refractivity contribution in [1.29, 1.82) is 0 Å². The molecule has 0 aliphatic carbocycles. The summed E-state index contributed by atoms with van der Waals surface area (Å²) in [5.41, 5.74) is 0.00303. The monoisotopic (exact) mass is 403 g/mol. The Morgan fingerprint density at radius 1 is 1.17 bits per heavy atom. The third-order valence-corrected chi connectivity index (χ3v) is 4.62. The standard InChI is InChI=1S/C20H16F3N3O3/c21-20(22,23)13-2-6-18(24-10-13)29-15-3-5-16-12(9-15)1-4-17(25-16)19(28)26-8-7-14(27)11-26/h1-6,9-10,14,27H,7-8,11H2/t14-/m0/s1. The Bertz CT molecular complexity index is 1050. The Morgan fingerprint density at radius 3 is 2.66 bits per heavy atom. The molecule has 3 aromatic rings. The minimum Gasteiger partial charge on any atom is -0.439 e. The lowest BCUT2D eigenvalue weighted by Crippen LogP contribution is -2.30. The second-order valence-electron chi connectivity index (χ2n) is 6.73. The topological polar surface area (TPSA) is 75.5 Å². The number of alkyl halides is 3. The van der Waals surface area contributed by atoms with Crippen molar-refractivity contribution in [2.24, 2.45) is 0 Å². The quantitative estimate of drug-likeness (QED) is 0.723. The van der Waals surface area contributed by atoms with E-state index in [0.29, 0.717) is 42.4 Å². The fourth-order valence-corrected chi connectivity index (χ4v) is 3.10. The number of aliphatic hydroxyl groups excluding tert-OH is 1. The van der Waals surface area contributed by atoms with Crippen molar-refractivity contribution < 1.29 is 27.8 Å². The van der Waals surface area contributed by atoms with E-state index < -0.39 is 17.8 Å². The number of rotatable bonds is 3. The summed E-state index contributed by atoms with van der Waals surface area (Å²) >= 11 is 0. The predicted molar refractivity (Wildman–Crippen MR) is 97.6 cm³/mol. The molecule has 0 unspecified atom stereocenters. The number of carbonyl (C=O) groups excluding carboxylic acids is 1. The number of hydrogen-bond acceptors (Lipinski definition) is 5. The Morgan fingerprint density at radius 2 is 2.00 bits per heavy atom. The Hall–Kier alpha value is -3.20. The molecule has 9 heteroatoms. The summed E-state index contributed by atoms with van der Waals surface area (Å²) < 4.78 is 43.3. The average molecular weight is 403 g/mol. The molecular formula is C20H16F3N3O3. The molecule has 0 bridgehead atoms. The van der Waals surface area contributed by atoms with Crippen LogP contribution in [0.4, 0.5) is 13.2 Å². The van der Waals surface area contributed by atoms with Crippen LogP contribution in [0.5, 0.6) is 11.6 Å². The molecule has 2 aromatic heterocycles. The lowest BCUT2D eigenvalue weighted by Gasteiger charge is -2.15. The minimum atomic E-state index is -4.46. The van der Waals surface area contributed by atoms with E-state index in [4.69, 9.17) is 4.74 Å². The maximum atomic E-state index is 12.6. The molecule has 1 atom stereocenters. The van der Waals surface area contributed by atoms with Crippen LogP contribution in [0, 0.1) is 0 Å². The van der Waals surface area contributed by atoms with Gasteiger partial charge in [0.15, 0.2) is 0 Å². The first kappa shape index (κ1) is 19.1. The van der Waals surface area contributed by atoms with Crippen LogP contribution >= 0.6 is 0 Å². The van der Waals surface area contributed by atoms with Gasteiger partial charge in [-0.1, -0.05) is 6.07 Å². The largest absolute Gasteiger partial charge is 0.439 e. The number of carbonyl (C=O) groups is 1. The number of benzene rings is 1. The molecule has 150 valence electrons. The lowest BCUT2D eigenvalue weighted by molar-refractivity contribution is -0.137. The third-order valence-electron chi connectivity index (χ3n) is 4.62. The molecule has 0 spiro atoms. The number of fused-ring (bicyclic) bond motifs is 1. The van der Waals surface area contributed by atoms with Crippen LogP contribution < -0.4 is 4.74 Å². The molecule has 29 heavy (non-hydrogen) atoms. The molecule has 1 N–H and O–H groups in total. The van der Waals surface area contributed by atoms with E-state index in [0.717, 1.165) is 12.1 Å². The number of amides is 1. The van der Waals surface area contributed by atoms with E-state index in [1.54, 1.807) is 35.2 Å². The van der Waals surface area contributed by atoms with Crippen molar-refractivity contribution in [3.05, 3.63) is 59.9 Å². The Labute approximate surface area is 163 Å². The number of hydrogen-bond donors (Lipinski definition) is 1. The van der Waals surface area contributed by atoms with Gasteiger partial charge in [-0.25, -0.2) is 9.97 Å². The number of halogens is 3. The van der Waals surface area contributed by atoms with Crippen molar-refractivity contribution in [3.63, 3.8) is 0 Å². The maximum Gasteiger partial charge on any atom is 0.417 e. The number of aromatic nitrogens is 2. The molecule has 3 heterocycles. The number of nitrogens with zero attached hydrogens (tertiary/aromatic N) is 3. The second-order valence-corrected chi connectivity index (χ2v) is 6.73. The molecule has 1 saturated heterocycles. The van der Waals surface area contributed by atoms with Gasteiger partial charge in [0.1, 0.15) is 11.4 Å². The fourth-order valence-electron chi connectivity index (χ4n) is 3.10. The summed E-state index contributed by atoms with van der Waals surface area (Å²) in [6, 6.07) is 10.3. The number of aliphatic hydroxyl groups is 1. The van der Waals surface area contributed by atoms with E-state index in [2.05, 4.69) is 9.97 Å². The SMILES string of the molecule is O=C(c1ccc2cc(Oc3ccc(C(F)(F)F)cn3)ccc2n1)N1CC[C@H](O)C1. The number of likely N-dealkylation sites (tertiary alicyclic amines) is 1. The zero-order valence-corrected chi connectivity index (χ0v) is 15.1. The van der Waals surface area contributed by atoms with Gasteiger partial charge < -0.3 is 14.7 Å². The second kappa shape index (κ2) is 7.32. The summed E-state index contributed by atoms with van der Waals surface area (Å²) in [6.45, 7) is 0.790. The van der Waals surface area contributed by atoms with Gasteiger partial charge in [0, 0.05) is 30.7 Å². The summed E-state index contributed by atoms with van der Waals surface area (Å²) in [5, 5.41) is 10.3. The first-order valence-corrected chi connectivity index (χ1v) is 8.89. The van der Waals surface area contributed by atoms with Crippen LogP contribution in [-0.4, -0.2) is 45.1 Å². The number of ether oxygens (including phenoxy) is 1. The third kappa shape index (κ3) is 4.14. The Balaban J connectivity index is 1.52. The lowest BCUT2D eigenvalue weighted by atomic mass is 10.2. The zero-order valence-electron chi connectivity index (χ0n) is 15.1. The van der Waals surface area contributed by atoms with E-state index in [9.17, 15) is 23.1 Å². The highest BCUT2D eigenvalue weighted by Crippen LogP contribution is 2.30. The van der Waals surface area contributed by atoms with E-state index in [1.807, 2.05) is 0 Å². The van der Waals surface area contributed by atoms with Crippen molar-refractivity contribution in [2.75, 3.05) is 13.1 Å². The van der Waals surface area contributed by atoms with Crippen LogP contribution in [0.3, 0.4) is 0 Å². The summed E-state index contributed by atoms with van der Waals surface area (Å²) in [6.07, 6.45) is -3.69. The van der Waals surface area contributed by atoms with Crippen LogP contribution in [0.15, 0.2) is 48.7 Å². The van der Waals surface area contributed by atoms with Gasteiger partial charge in [-0.05, 0) is 36.8 Å². The molecule has 4 rings (SSSR count). The predicted octanol–water partition coefficient (Wildman–Crippen LogP) is 3.65. The molecule has 1 amide bonds. The summed E-state index contributed by atoms with van der Waals surface area (Å²) in [7, 11) is 0. The molecule has 1 aromatic carbocycles. The molecule has 1 aliphatic heterocycles. The average Bonchev–Trinajstić information content (AvgIpc) is 3.13. The summed E-state index contributed by atoms with van der Waals surface area (Å²) in [5.74, 6) is 0.177. The highest BCUT2D eigenvalue weighted by Gasteiger charge is 2.30. The maximum absolute atomic E-state index is 12.6. The zero-order chi connectivity index (χ0) is 20.6. The van der Waals surface area contributed by atoms with Gasteiger partial charge in [-0.15, -0.1) is 0 Å². The van der Waals surface area contributed by atoms with Gasteiger partial charge in [-0.2, -0.15) is 13.2 Å². The molecule has 0 saturated carbocycles. The van der Waals surface area contributed by atoms with Crippen molar-refractivity contribution >= 4 is 16.8 Å².